The highest BCUT2D eigenvalue weighted by Gasteiger charge is 2.61. The smallest absolute Gasteiger partial charge is 0.360 e. The van der Waals surface area contributed by atoms with Crippen LogP contribution in [-0.4, -0.2) is 52.2 Å². The minimum atomic E-state index is -1.17. The van der Waals surface area contributed by atoms with Crippen molar-refractivity contribution in [3.8, 4) is 17.3 Å². The second-order valence-electron chi connectivity index (χ2n) is 11.6. The molecule has 2 aromatic heterocycles. The standard InChI is InChI=1S/C32H30N4O8/c1-15(2)26(38)22(37)12-17-10-16-8-9-23-19(11-16)32(18-6-4-5-7-20(18)35-31(32)43-23)27-25(36-24(44-27)13-33-28(17)39)29-34-21(14-42-29)30(40)41-3/h4-9,11,14-15,17,26,31,35,38H,10,12-13H2,1-3H3,(H,33,39)/t17?,26-,31?,32-/m0/s1. The van der Waals surface area contributed by atoms with Gasteiger partial charge in [0.05, 0.1) is 13.7 Å². The number of esters is 1. The molecule has 12 nitrogen and oxygen atoms in total. The van der Waals surface area contributed by atoms with Gasteiger partial charge in [-0.05, 0) is 35.6 Å². The van der Waals surface area contributed by atoms with Gasteiger partial charge in [-0.15, -0.1) is 0 Å². The molecule has 4 aromatic rings. The van der Waals surface area contributed by atoms with Crippen LogP contribution in [0.5, 0.6) is 5.75 Å². The molecule has 0 radical (unpaired) electrons. The van der Waals surface area contributed by atoms with Crippen molar-refractivity contribution >= 4 is 23.3 Å². The lowest BCUT2D eigenvalue weighted by atomic mass is 9.72. The van der Waals surface area contributed by atoms with E-state index in [9.17, 15) is 19.5 Å². The first kappa shape index (κ1) is 27.8. The summed E-state index contributed by atoms with van der Waals surface area (Å²) in [5, 5.41) is 16.7. The van der Waals surface area contributed by atoms with E-state index >= 15 is 0 Å². The van der Waals surface area contributed by atoms with E-state index in [0.29, 0.717) is 11.5 Å². The van der Waals surface area contributed by atoms with Gasteiger partial charge in [-0.1, -0.05) is 44.2 Å². The predicted octanol–water partition coefficient (Wildman–Crippen LogP) is 3.36. The lowest BCUT2D eigenvalue weighted by molar-refractivity contribution is -0.134. The molecule has 1 spiro atoms. The Hall–Kier alpha value is -4.97. The third-order valence-electron chi connectivity index (χ3n) is 8.55. The van der Waals surface area contributed by atoms with Crippen molar-refractivity contribution in [2.45, 2.75) is 51.0 Å². The molecule has 5 heterocycles. The minimum absolute atomic E-state index is 0.0323. The molecule has 0 fully saturated rings. The molecule has 2 unspecified atom stereocenters. The lowest BCUT2D eigenvalue weighted by Gasteiger charge is -2.27. The number of nitrogens with zero attached hydrogens (tertiary/aromatic N) is 2. The number of hydrogen-bond donors (Lipinski definition) is 3. The summed E-state index contributed by atoms with van der Waals surface area (Å²) in [5.41, 5.74) is 2.43. The van der Waals surface area contributed by atoms with E-state index in [1.807, 2.05) is 42.5 Å². The predicted molar refractivity (Wildman–Crippen MR) is 154 cm³/mol. The van der Waals surface area contributed by atoms with Crippen molar-refractivity contribution in [1.82, 2.24) is 15.3 Å². The van der Waals surface area contributed by atoms with Crippen LogP contribution < -0.4 is 15.4 Å². The number of amides is 1. The minimum Gasteiger partial charge on any atom is -0.469 e. The maximum Gasteiger partial charge on any atom is 0.360 e. The molecule has 0 saturated carbocycles. The summed E-state index contributed by atoms with van der Waals surface area (Å²) in [6.45, 7) is 3.42. The maximum absolute atomic E-state index is 13.5. The number of aromatic nitrogens is 2. The Kier molecular flexibility index (Phi) is 6.54. The Bertz CT molecular complexity index is 1810. The number of rotatable bonds is 6. The zero-order chi connectivity index (χ0) is 30.7. The van der Waals surface area contributed by atoms with E-state index in [1.54, 1.807) is 13.8 Å². The van der Waals surface area contributed by atoms with E-state index in [4.69, 9.17) is 23.3 Å². The molecule has 4 bridgehead atoms. The van der Waals surface area contributed by atoms with Gasteiger partial charge >= 0.3 is 5.97 Å². The van der Waals surface area contributed by atoms with E-state index in [-0.39, 0.29) is 54.4 Å². The molecule has 3 N–H and O–H groups in total. The van der Waals surface area contributed by atoms with Gasteiger partial charge in [0.15, 0.2) is 29.2 Å². The quantitative estimate of drug-likeness (QED) is 0.279. The van der Waals surface area contributed by atoms with Crippen LogP contribution in [0.15, 0.2) is 57.6 Å². The number of carbonyl (C=O) groups is 3. The molecular formula is C32H30N4O8. The third-order valence-corrected chi connectivity index (χ3v) is 8.55. The van der Waals surface area contributed by atoms with Crippen LogP contribution in [0.25, 0.3) is 11.6 Å². The van der Waals surface area contributed by atoms with Gasteiger partial charge in [-0.2, -0.15) is 0 Å². The Morgan fingerprint density at radius 1 is 1.16 bits per heavy atom. The fourth-order valence-corrected chi connectivity index (χ4v) is 6.37. The monoisotopic (exact) mass is 598 g/mol. The van der Waals surface area contributed by atoms with Gasteiger partial charge in [0.2, 0.25) is 17.7 Å². The van der Waals surface area contributed by atoms with Crippen molar-refractivity contribution in [1.29, 1.82) is 0 Å². The molecule has 7 rings (SSSR count). The molecule has 226 valence electrons. The van der Waals surface area contributed by atoms with Crippen molar-refractivity contribution in [3.05, 3.63) is 82.8 Å². The molecule has 44 heavy (non-hydrogen) atoms. The van der Waals surface area contributed by atoms with Crippen molar-refractivity contribution in [3.63, 3.8) is 0 Å². The Balaban J connectivity index is 1.42. The van der Waals surface area contributed by atoms with E-state index in [1.165, 1.54) is 13.4 Å². The number of benzene rings is 2. The largest absolute Gasteiger partial charge is 0.469 e. The number of aliphatic hydroxyl groups excluding tert-OH is 1. The Morgan fingerprint density at radius 3 is 2.77 bits per heavy atom. The number of fused-ring (bicyclic) bond motifs is 4. The molecule has 0 aliphatic carbocycles. The fourth-order valence-electron chi connectivity index (χ4n) is 6.37. The number of para-hydroxylation sites is 1. The van der Waals surface area contributed by atoms with Crippen molar-refractivity contribution < 1.29 is 37.8 Å². The van der Waals surface area contributed by atoms with Gasteiger partial charge in [0.25, 0.3) is 0 Å². The summed E-state index contributed by atoms with van der Waals surface area (Å²) in [4.78, 5) is 47.7. The number of Topliss-reactive ketones (excluding diaryl/α,β-unsaturated/α-hetero) is 1. The highest BCUT2D eigenvalue weighted by Crippen LogP contribution is 2.59. The SMILES string of the molecule is COC(=O)c1coc(-c2nc3oc2[C@@]24c5ccccc5NC2Oc2ccc(cc24)CC(CC(=O)[C@@H](O)C(C)C)C(=O)NC3)n1. The van der Waals surface area contributed by atoms with Crippen LogP contribution in [-0.2, 0) is 32.7 Å². The number of hydrogen-bond acceptors (Lipinski definition) is 11. The number of aliphatic hydroxyl groups is 1. The lowest BCUT2D eigenvalue weighted by Crippen LogP contribution is -2.40. The van der Waals surface area contributed by atoms with Gasteiger partial charge in [0.1, 0.15) is 23.5 Å². The number of oxazole rings is 2. The van der Waals surface area contributed by atoms with Crippen LogP contribution >= 0.6 is 0 Å². The number of nitrogens with one attached hydrogen (secondary N) is 2. The second-order valence-corrected chi connectivity index (χ2v) is 11.6. The molecule has 1 amide bonds. The van der Waals surface area contributed by atoms with Gasteiger partial charge < -0.3 is 34.0 Å². The zero-order valence-corrected chi connectivity index (χ0v) is 24.2. The Morgan fingerprint density at radius 2 is 1.98 bits per heavy atom. The van der Waals surface area contributed by atoms with Gasteiger partial charge in [0, 0.05) is 23.6 Å². The molecule has 3 aliphatic heterocycles. The topological polar surface area (TPSA) is 166 Å². The molecule has 4 atom stereocenters. The zero-order valence-electron chi connectivity index (χ0n) is 24.2. The third kappa shape index (κ3) is 4.20. The first-order valence-electron chi connectivity index (χ1n) is 14.4. The summed E-state index contributed by atoms with van der Waals surface area (Å²) >= 11 is 0. The summed E-state index contributed by atoms with van der Waals surface area (Å²) in [7, 11) is 1.25. The van der Waals surface area contributed by atoms with Crippen LogP contribution in [0.4, 0.5) is 5.69 Å². The van der Waals surface area contributed by atoms with Gasteiger partial charge in [-0.25, -0.2) is 14.8 Å². The van der Waals surface area contributed by atoms with Crippen molar-refractivity contribution in [2.75, 3.05) is 12.4 Å². The van der Waals surface area contributed by atoms with Crippen LogP contribution in [0.2, 0.25) is 0 Å². The molecule has 12 heteroatoms. The molecule has 3 aliphatic rings. The number of anilines is 1. The molecule has 0 saturated heterocycles. The summed E-state index contributed by atoms with van der Waals surface area (Å²) < 4.78 is 23.5. The molecular weight excluding hydrogens is 568 g/mol. The highest BCUT2D eigenvalue weighted by molar-refractivity contribution is 5.89. The van der Waals surface area contributed by atoms with Crippen LogP contribution in [0.1, 0.15) is 59.1 Å². The second kappa shape index (κ2) is 10.3. The fraction of sp³-hybridized carbons (Fsp3) is 0.344. The number of carbonyl (C=O) groups excluding carboxylic acids is 3. The first-order valence-corrected chi connectivity index (χ1v) is 14.4. The summed E-state index contributed by atoms with van der Waals surface area (Å²) in [6.07, 6.45) is -0.486. The summed E-state index contributed by atoms with van der Waals surface area (Å²) in [5.74, 6) is -1.30. The molecule has 2 aromatic carbocycles. The van der Waals surface area contributed by atoms with Crippen LogP contribution in [0.3, 0.4) is 0 Å². The highest BCUT2D eigenvalue weighted by atomic mass is 16.5. The van der Waals surface area contributed by atoms with E-state index in [2.05, 4.69) is 15.6 Å². The van der Waals surface area contributed by atoms with E-state index in [0.717, 1.165) is 22.4 Å². The maximum atomic E-state index is 13.5. The van der Waals surface area contributed by atoms with Gasteiger partial charge in [-0.3, -0.25) is 9.59 Å². The van der Waals surface area contributed by atoms with Crippen LogP contribution in [0, 0.1) is 11.8 Å². The van der Waals surface area contributed by atoms with Crippen molar-refractivity contribution in [2.24, 2.45) is 11.8 Å². The average molecular weight is 599 g/mol. The number of ketones is 1. The van der Waals surface area contributed by atoms with E-state index < -0.39 is 35.4 Å². The average Bonchev–Trinajstić information content (AvgIpc) is 3.79. The normalized spacial score (nSPS) is 22.1. The first-order chi connectivity index (χ1) is 21.2. The number of ether oxygens (including phenoxy) is 2. The Labute approximate surface area is 251 Å². The summed E-state index contributed by atoms with van der Waals surface area (Å²) in [6, 6.07) is 13.5. The number of methoxy groups -OCH3 is 1.